The Hall–Kier alpha value is -2.80. The quantitative estimate of drug-likeness (QED) is 0.447. The molecule has 0 radical (unpaired) electrons. The fraction of sp³-hybridized carbons (Fsp3) is 0.286. The number of aromatic nitrogens is 2. The van der Waals surface area contributed by atoms with Gasteiger partial charge in [0.15, 0.2) is 11.5 Å². The van der Waals surface area contributed by atoms with E-state index in [9.17, 15) is 4.79 Å². The van der Waals surface area contributed by atoms with Crippen LogP contribution in [0.5, 0.6) is 11.5 Å². The van der Waals surface area contributed by atoms with E-state index in [2.05, 4.69) is 23.4 Å². The topological polar surface area (TPSA) is 64.6 Å². The Morgan fingerprint density at radius 3 is 2.32 bits per heavy atom. The number of nitrogens with zero attached hydrogens (tertiary/aromatic N) is 3. The number of thioether (sulfide) groups is 1. The van der Waals surface area contributed by atoms with Crippen molar-refractivity contribution in [1.29, 1.82) is 0 Å². The molecular weight excluding hydrogens is 374 g/mol. The van der Waals surface area contributed by atoms with Crippen molar-refractivity contribution >= 4 is 17.7 Å². The number of hydrogen-bond donors (Lipinski definition) is 0. The summed E-state index contributed by atoms with van der Waals surface area (Å²) in [6.45, 7) is 10.2. The lowest BCUT2D eigenvalue weighted by molar-refractivity contribution is -0.129. The van der Waals surface area contributed by atoms with Gasteiger partial charge in [-0.3, -0.25) is 4.79 Å². The van der Waals surface area contributed by atoms with Crippen LogP contribution in [0.2, 0.25) is 0 Å². The fourth-order valence-corrected chi connectivity index (χ4v) is 3.43. The third kappa shape index (κ3) is 5.36. The summed E-state index contributed by atoms with van der Waals surface area (Å²) in [6.07, 6.45) is 3.41. The molecule has 0 bridgehead atoms. The largest absolute Gasteiger partial charge is 0.493 e. The second kappa shape index (κ2) is 10.5. The monoisotopic (exact) mass is 399 g/mol. The third-order valence-corrected chi connectivity index (χ3v) is 4.99. The van der Waals surface area contributed by atoms with Crippen LogP contribution in [-0.4, -0.2) is 53.6 Å². The summed E-state index contributed by atoms with van der Waals surface area (Å²) in [5.41, 5.74) is 1.58. The number of benzene rings is 1. The molecule has 28 heavy (non-hydrogen) atoms. The van der Waals surface area contributed by atoms with E-state index in [0.29, 0.717) is 35.3 Å². The first-order valence-electron chi connectivity index (χ1n) is 8.77. The van der Waals surface area contributed by atoms with Gasteiger partial charge in [0.05, 0.1) is 25.2 Å². The Balaban J connectivity index is 2.11. The van der Waals surface area contributed by atoms with E-state index in [4.69, 9.17) is 9.47 Å². The van der Waals surface area contributed by atoms with Crippen molar-refractivity contribution < 1.29 is 14.3 Å². The molecule has 1 atom stereocenters. The maximum atomic E-state index is 12.6. The summed E-state index contributed by atoms with van der Waals surface area (Å²) in [6, 6.07) is 9.31. The van der Waals surface area contributed by atoms with Crippen LogP contribution in [0.15, 0.2) is 60.7 Å². The Labute approximate surface area is 170 Å². The molecule has 0 N–H and O–H groups in total. The van der Waals surface area contributed by atoms with Crippen LogP contribution in [-0.2, 0) is 4.79 Å². The van der Waals surface area contributed by atoms with Gasteiger partial charge in [-0.05, 0) is 37.3 Å². The molecule has 0 saturated heterocycles. The zero-order valence-corrected chi connectivity index (χ0v) is 17.2. The molecule has 1 amide bonds. The highest BCUT2D eigenvalue weighted by Crippen LogP contribution is 2.32. The fourth-order valence-electron chi connectivity index (χ4n) is 2.59. The summed E-state index contributed by atoms with van der Waals surface area (Å²) < 4.78 is 10.6. The van der Waals surface area contributed by atoms with E-state index in [1.807, 2.05) is 37.3 Å². The lowest BCUT2D eigenvalue weighted by Crippen LogP contribution is -2.36. The highest BCUT2D eigenvalue weighted by Gasteiger charge is 2.20. The van der Waals surface area contributed by atoms with Crippen LogP contribution in [0, 0.1) is 0 Å². The van der Waals surface area contributed by atoms with E-state index < -0.39 is 0 Å². The number of carbonyl (C=O) groups is 1. The normalized spacial score (nSPS) is 11.4. The molecule has 0 saturated carbocycles. The van der Waals surface area contributed by atoms with Gasteiger partial charge in [0.1, 0.15) is 5.03 Å². The van der Waals surface area contributed by atoms with Crippen molar-refractivity contribution in [1.82, 2.24) is 15.1 Å². The number of ether oxygens (including phenoxy) is 2. The van der Waals surface area contributed by atoms with E-state index in [1.165, 1.54) is 11.8 Å². The minimum atomic E-state index is -0.291. The van der Waals surface area contributed by atoms with Crippen molar-refractivity contribution in [2.75, 3.05) is 27.3 Å². The lowest BCUT2D eigenvalue weighted by atomic mass is 10.1. The van der Waals surface area contributed by atoms with E-state index >= 15 is 0 Å². The Morgan fingerprint density at radius 2 is 1.79 bits per heavy atom. The minimum absolute atomic E-state index is 0.00978. The molecule has 0 aliphatic carbocycles. The summed E-state index contributed by atoms with van der Waals surface area (Å²) in [4.78, 5) is 14.3. The highest BCUT2D eigenvalue weighted by atomic mass is 32.2. The lowest BCUT2D eigenvalue weighted by Gasteiger charge is -2.22. The summed E-state index contributed by atoms with van der Waals surface area (Å²) in [7, 11) is 3.19. The Bertz CT molecular complexity index is 814. The molecule has 1 aromatic carbocycles. The molecule has 0 aliphatic rings. The van der Waals surface area contributed by atoms with Crippen molar-refractivity contribution in [2.24, 2.45) is 0 Å². The molecule has 2 aromatic rings. The number of amides is 1. The molecule has 1 heterocycles. The predicted octanol–water partition coefficient (Wildman–Crippen LogP) is 3.84. The molecular formula is C21H25N3O3S. The van der Waals surface area contributed by atoms with Gasteiger partial charge in [0, 0.05) is 18.7 Å². The van der Waals surface area contributed by atoms with E-state index in [0.717, 1.165) is 5.56 Å². The molecule has 1 aromatic heterocycles. The van der Waals surface area contributed by atoms with Crippen LogP contribution in [0.1, 0.15) is 6.92 Å². The van der Waals surface area contributed by atoms with Crippen LogP contribution < -0.4 is 9.47 Å². The van der Waals surface area contributed by atoms with Crippen molar-refractivity contribution in [3.63, 3.8) is 0 Å². The van der Waals surface area contributed by atoms with Crippen molar-refractivity contribution in [2.45, 2.75) is 17.2 Å². The predicted molar refractivity (Wildman–Crippen MR) is 113 cm³/mol. The molecule has 0 unspecified atom stereocenters. The van der Waals surface area contributed by atoms with Crippen LogP contribution in [0.3, 0.4) is 0 Å². The van der Waals surface area contributed by atoms with Crippen LogP contribution in [0.25, 0.3) is 11.3 Å². The molecule has 148 valence electrons. The zero-order valence-electron chi connectivity index (χ0n) is 16.4. The molecule has 0 aliphatic heterocycles. The number of hydrogen-bond acceptors (Lipinski definition) is 6. The van der Waals surface area contributed by atoms with Gasteiger partial charge < -0.3 is 14.4 Å². The van der Waals surface area contributed by atoms with Gasteiger partial charge >= 0.3 is 0 Å². The third-order valence-electron chi connectivity index (χ3n) is 3.98. The van der Waals surface area contributed by atoms with Gasteiger partial charge in [0.2, 0.25) is 5.91 Å². The number of methoxy groups -OCH3 is 2. The number of carbonyl (C=O) groups excluding carboxylic acids is 1. The average Bonchev–Trinajstić information content (AvgIpc) is 2.73. The molecule has 6 nitrogen and oxygen atoms in total. The SMILES string of the molecule is C=CCN(CC=C)C(=O)[C@H](C)Sc1ccc(-c2ccc(OC)c(OC)c2)nn1. The second-order valence-electron chi connectivity index (χ2n) is 5.91. The Kier molecular flexibility index (Phi) is 8.07. The highest BCUT2D eigenvalue weighted by molar-refractivity contribution is 8.00. The molecule has 2 rings (SSSR count). The van der Waals surface area contributed by atoms with Gasteiger partial charge in [-0.1, -0.05) is 23.9 Å². The molecule has 0 fully saturated rings. The summed E-state index contributed by atoms with van der Waals surface area (Å²) >= 11 is 1.37. The molecule has 0 spiro atoms. The maximum Gasteiger partial charge on any atom is 0.236 e. The Morgan fingerprint density at radius 1 is 1.11 bits per heavy atom. The van der Waals surface area contributed by atoms with Gasteiger partial charge in [0.25, 0.3) is 0 Å². The first-order chi connectivity index (χ1) is 13.5. The number of rotatable bonds is 10. The van der Waals surface area contributed by atoms with E-state index in [1.54, 1.807) is 31.3 Å². The van der Waals surface area contributed by atoms with Crippen molar-refractivity contribution in [3.8, 4) is 22.8 Å². The van der Waals surface area contributed by atoms with Crippen LogP contribution >= 0.6 is 11.8 Å². The average molecular weight is 400 g/mol. The second-order valence-corrected chi connectivity index (χ2v) is 7.27. The van der Waals surface area contributed by atoms with Gasteiger partial charge in [-0.15, -0.1) is 23.4 Å². The van der Waals surface area contributed by atoms with E-state index in [-0.39, 0.29) is 11.2 Å². The smallest absolute Gasteiger partial charge is 0.236 e. The maximum absolute atomic E-state index is 12.6. The minimum Gasteiger partial charge on any atom is -0.493 e. The summed E-state index contributed by atoms with van der Waals surface area (Å²) in [5, 5.41) is 8.93. The van der Waals surface area contributed by atoms with Crippen molar-refractivity contribution in [3.05, 3.63) is 55.6 Å². The summed E-state index contributed by atoms with van der Waals surface area (Å²) in [5.74, 6) is 1.29. The van der Waals surface area contributed by atoms with Gasteiger partial charge in [-0.2, -0.15) is 0 Å². The molecule has 7 heteroatoms. The first-order valence-corrected chi connectivity index (χ1v) is 9.65. The van der Waals surface area contributed by atoms with Gasteiger partial charge in [-0.25, -0.2) is 0 Å². The standard InChI is InChI=1S/C21H25N3O3S/c1-6-12-24(13-7-2)21(25)15(3)28-20-11-9-17(22-23-20)16-8-10-18(26-4)19(14-16)27-5/h6-11,14-15H,1-2,12-13H2,3-5H3/t15-/m0/s1. The zero-order chi connectivity index (χ0) is 20.5. The van der Waals surface area contributed by atoms with Crippen LogP contribution in [0.4, 0.5) is 0 Å². The first kappa shape index (κ1) is 21.5.